The topological polar surface area (TPSA) is 81.7 Å². The number of ether oxygens (including phenoxy) is 2. The van der Waals surface area contributed by atoms with Gasteiger partial charge in [0.15, 0.2) is 0 Å². The highest BCUT2D eigenvalue weighted by atomic mass is 16.6. The first-order valence-corrected chi connectivity index (χ1v) is 5.71. The van der Waals surface area contributed by atoms with E-state index < -0.39 is 29.4 Å². The van der Waals surface area contributed by atoms with Crippen molar-refractivity contribution < 1.29 is 23.9 Å². The Morgan fingerprint density at radius 1 is 1.47 bits per heavy atom. The minimum absolute atomic E-state index is 0.174. The summed E-state index contributed by atoms with van der Waals surface area (Å²) >= 11 is 0. The minimum atomic E-state index is -0.732. The fourth-order valence-electron chi connectivity index (χ4n) is 3.22. The molecule has 3 heterocycles. The highest BCUT2D eigenvalue weighted by Crippen LogP contribution is 2.54. The third kappa shape index (κ3) is 1.33. The molecule has 3 aliphatic heterocycles. The number of rotatable bonds is 2. The van der Waals surface area contributed by atoms with Crippen molar-refractivity contribution in [2.24, 2.45) is 11.8 Å². The molecule has 3 fully saturated rings. The molecule has 0 unspecified atom stereocenters. The van der Waals surface area contributed by atoms with Crippen molar-refractivity contribution >= 4 is 17.8 Å². The molecule has 0 aromatic carbocycles. The zero-order chi connectivity index (χ0) is 12.2. The first kappa shape index (κ1) is 10.7. The number of cyclic esters (lactones) is 2. The second kappa shape index (κ2) is 3.29. The number of carbonyl (C=O) groups excluding carboxylic acids is 3. The van der Waals surface area contributed by atoms with Gasteiger partial charge in [-0.05, 0) is 12.8 Å². The number of esters is 2. The molecule has 3 saturated heterocycles. The lowest BCUT2D eigenvalue weighted by atomic mass is 9.73. The van der Waals surface area contributed by atoms with Crippen molar-refractivity contribution in [3.05, 3.63) is 0 Å². The molecule has 6 heteroatoms. The lowest BCUT2D eigenvalue weighted by molar-refractivity contribution is -0.159. The second-order valence-corrected chi connectivity index (χ2v) is 4.91. The summed E-state index contributed by atoms with van der Waals surface area (Å²) in [7, 11) is 0. The van der Waals surface area contributed by atoms with E-state index in [1.165, 1.54) is 6.92 Å². The number of amides is 1. The fourth-order valence-corrected chi connectivity index (χ4v) is 3.22. The van der Waals surface area contributed by atoms with Crippen LogP contribution in [0.4, 0.5) is 0 Å². The Morgan fingerprint density at radius 2 is 2.24 bits per heavy atom. The van der Waals surface area contributed by atoms with Crippen LogP contribution in [0.25, 0.3) is 0 Å². The van der Waals surface area contributed by atoms with E-state index in [9.17, 15) is 14.4 Å². The summed E-state index contributed by atoms with van der Waals surface area (Å²) in [5.74, 6) is -2.17. The van der Waals surface area contributed by atoms with Crippen molar-refractivity contribution in [2.45, 2.75) is 31.5 Å². The number of fused-ring (bicyclic) bond motifs is 5. The molecule has 3 aliphatic rings. The van der Waals surface area contributed by atoms with E-state index in [4.69, 9.17) is 4.74 Å². The Balaban J connectivity index is 1.88. The van der Waals surface area contributed by atoms with Crippen molar-refractivity contribution in [2.75, 3.05) is 6.54 Å². The molecular formula is C11H13NO5. The maximum absolute atomic E-state index is 11.7. The van der Waals surface area contributed by atoms with Gasteiger partial charge in [-0.1, -0.05) is 0 Å². The summed E-state index contributed by atoms with van der Waals surface area (Å²) in [4.78, 5) is 34.2. The van der Waals surface area contributed by atoms with E-state index in [-0.39, 0.29) is 18.6 Å². The van der Waals surface area contributed by atoms with Gasteiger partial charge in [0.25, 0.3) is 0 Å². The average Bonchev–Trinajstić information content (AvgIpc) is 2.88. The molecule has 3 rings (SSSR count). The predicted octanol–water partition coefficient (Wildman–Crippen LogP) is -0.630. The van der Waals surface area contributed by atoms with Crippen LogP contribution >= 0.6 is 0 Å². The van der Waals surface area contributed by atoms with Gasteiger partial charge >= 0.3 is 11.9 Å². The van der Waals surface area contributed by atoms with E-state index in [1.54, 1.807) is 0 Å². The molecular weight excluding hydrogens is 226 g/mol. The molecule has 1 N–H and O–H groups in total. The third-order valence-corrected chi connectivity index (χ3v) is 3.93. The van der Waals surface area contributed by atoms with E-state index >= 15 is 0 Å². The highest BCUT2D eigenvalue weighted by Gasteiger charge is 2.68. The van der Waals surface area contributed by atoms with Crippen molar-refractivity contribution in [3.63, 3.8) is 0 Å². The van der Waals surface area contributed by atoms with Crippen molar-refractivity contribution in [3.8, 4) is 0 Å². The van der Waals surface area contributed by atoms with Gasteiger partial charge in [0.1, 0.15) is 11.5 Å². The summed E-state index contributed by atoms with van der Waals surface area (Å²) in [5.41, 5.74) is -0.732. The molecule has 1 amide bonds. The van der Waals surface area contributed by atoms with Crippen LogP contribution in [0.3, 0.4) is 0 Å². The van der Waals surface area contributed by atoms with Crippen LogP contribution in [0, 0.1) is 11.8 Å². The summed E-state index contributed by atoms with van der Waals surface area (Å²) in [6, 6.07) is 0. The van der Waals surface area contributed by atoms with Crippen LogP contribution in [0.15, 0.2) is 0 Å². The van der Waals surface area contributed by atoms with Crippen LogP contribution in [0.2, 0.25) is 0 Å². The predicted molar refractivity (Wildman–Crippen MR) is 53.6 cm³/mol. The lowest BCUT2D eigenvalue weighted by Crippen LogP contribution is -2.48. The Bertz CT molecular complexity index is 420. The number of hydrogen-bond donors (Lipinski definition) is 1. The molecule has 92 valence electrons. The average molecular weight is 239 g/mol. The van der Waals surface area contributed by atoms with Crippen LogP contribution in [-0.2, 0) is 23.9 Å². The van der Waals surface area contributed by atoms with E-state index in [1.807, 2.05) is 0 Å². The first-order chi connectivity index (χ1) is 8.03. The highest BCUT2D eigenvalue weighted by molar-refractivity contribution is 5.98. The maximum atomic E-state index is 11.7. The van der Waals surface area contributed by atoms with Gasteiger partial charge in [-0.25, -0.2) is 0 Å². The quantitative estimate of drug-likeness (QED) is 0.512. The summed E-state index contributed by atoms with van der Waals surface area (Å²) in [5, 5.41) is 2.67. The molecule has 17 heavy (non-hydrogen) atoms. The summed E-state index contributed by atoms with van der Waals surface area (Å²) in [6.07, 6.45) is 1.19. The Labute approximate surface area is 97.6 Å². The van der Waals surface area contributed by atoms with Gasteiger partial charge in [0, 0.05) is 13.5 Å². The Morgan fingerprint density at radius 3 is 2.94 bits per heavy atom. The number of hydrogen-bond acceptors (Lipinski definition) is 5. The fraction of sp³-hybridized carbons (Fsp3) is 0.727. The number of carbonyl (C=O) groups is 3. The van der Waals surface area contributed by atoms with Gasteiger partial charge in [0.2, 0.25) is 5.91 Å². The molecule has 4 atom stereocenters. The van der Waals surface area contributed by atoms with Gasteiger partial charge in [-0.3, -0.25) is 14.4 Å². The van der Waals surface area contributed by atoms with Gasteiger partial charge < -0.3 is 14.8 Å². The van der Waals surface area contributed by atoms with E-state index in [0.29, 0.717) is 6.42 Å². The van der Waals surface area contributed by atoms with Crippen LogP contribution in [-0.4, -0.2) is 36.1 Å². The first-order valence-electron chi connectivity index (χ1n) is 5.71. The Kier molecular flexibility index (Phi) is 2.07. The zero-order valence-corrected chi connectivity index (χ0v) is 9.39. The van der Waals surface area contributed by atoms with E-state index in [2.05, 4.69) is 10.1 Å². The monoisotopic (exact) mass is 239 g/mol. The second-order valence-electron chi connectivity index (χ2n) is 4.91. The normalized spacial score (nSPS) is 42.5. The van der Waals surface area contributed by atoms with Crippen LogP contribution in [0.5, 0.6) is 0 Å². The molecule has 0 aromatic heterocycles. The third-order valence-electron chi connectivity index (χ3n) is 3.93. The lowest BCUT2D eigenvalue weighted by Gasteiger charge is -2.29. The van der Waals surface area contributed by atoms with Crippen molar-refractivity contribution in [1.29, 1.82) is 0 Å². The SMILES string of the molecule is CC(=O)NC[C@]12CC[C@H](O1)[C@@H]1C(=O)OC(=O)[C@@H]12. The smallest absolute Gasteiger partial charge is 0.320 e. The zero-order valence-electron chi connectivity index (χ0n) is 9.39. The summed E-state index contributed by atoms with van der Waals surface area (Å²) < 4.78 is 10.5. The van der Waals surface area contributed by atoms with Crippen LogP contribution in [0.1, 0.15) is 19.8 Å². The van der Waals surface area contributed by atoms with Gasteiger partial charge in [-0.15, -0.1) is 0 Å². The number of nitrogens with one attached hydrogen (secondary N) is 1. The molecule has 0 aromatic rings. The van der Waals surface area contributed by atoms with Crippen LogP contribution < -0.4 is 5.32 Å². The Hall–Kier alpha value is -1.43. The molecule has 0 aliphatic carbocycles. The molecule has 0 radical (unpaired) electrons. The maximum Gasteiger partial charge on any atom is 0.320 e. The van der Waals surface area contributed by atoms with Gasteiger partial charge in [0.05, 0.1) is 12.0 Å². The largest absolute Gasteiger partial charge is 0.393 e. The standard InChI is InChI=1S/C11H13NO5/c1-5(13)12-4-11-3-2-6(17-11)7-8(11)10(15)16-9(7)14/h6-8H,2-4H2,1H3,(H,12,13)/t6-,7-,8+,11-/m0/s1. The van der Waals surface area contributed by atoms with Gasteiger partial charge in [-0.2, -0.15) is 0 Å². The van der Waals surface area contributed by atoms with E-state index in [0.717, 1.165) is 6.42 Å². The molecule has 0 spiro atoms. The molecule has 6 nitrogen and oxygen atoms in total. The minimum Gasteiger partial charge on any atom is -0.393 e. The van der Waals surface area contributed by atoms with Crippen molar-refractivity contribution in [1.82, 2.24) is 5.32 Å². The summed E-state index contributed by atoms with van der Waals surface area (Å²) in [6.45, 7) is 1.68. The molecule has 2 bridgehead atoms. The molecule has 0 saturated carbocycles.